The standard InChI is InChI=1S/C17H26N4O3S/c1-18-16(21-11-7-17(13-21)8-12-24-14-17)19-9-10-20-25(22,23)15-5-3-2-4-6-15/h2-6,20H,7-14H2,1H3,(H,18,19). The molecular weight excluding hydrogens is 340 g/mol. The van der Waals surface area contributed by atoms with Gasteiger partial charge in [0.1, 0.15) is 0 Å². The first-order valence-corrected chi connectivity index (χ1v) is 10.1. The number of benzene rings is 1. The lowest BCUT2D eigenvalue weighted by Crippen LogP contribution is -2.44. The quantitative estimate of drug-likeness (QED) is 0.454. The molecule has 7 nitrogen and oxygen atoms in total. The molecule has 2 aliphatic heterocycles. The molecule has 0 radical (unpaired) electrons. The maximum absolute atomic E-state index is 12.2. The van der Waals surface area contributed by atoms with Gasteiger partial charge in [0.25, 0.3) is 0 Å². The Morgan fingerprint density at radius 3 is 2.76 bits per heavy atom. The number of hydrogen-bond acceptors (Lipinski definition) is 4. The van der Waals surface area contributed by atoms with E-state index in [9.17, 15) is 8.42 Å². The molecule has 1 aromatic carbocycles. The number of nitrogens with one attached hydrogen (secondary N) is 2. The molecular formula is C17H26N4O3S. The number of rotatable bonds is 5. The van der Waals surface area contributed by atoms with Crippen molar-refractivity contribution in [2.45, 2.75) is 17.7 Å². The van der Waals surface area contributed by atoms with Crippen LogP contribution in [-0.4, -0.2) is 65.7 Å². The van der Waals surface area contributed by atoms with Crippen LogP contribution in [0.1, 0.15) is 12.8 Å². The lowest BCUT2D eigenvalue weighted by Gasteiger charge is -2.25. The minimum Gasteiger partial charge on any atom is -0.381 e. The molecule has 1 aromatic rings. The monoisotopic (exact) mass is 366 g/mol. The van der Waals surface area contributed by atoms with Gasteiger partial charge in [-0.1, -0.05) is 18.2 Å². The molecule has 0 amide bonds. The maximum Gasteiger partial charge on any atom is 0.240 e. The van der Waals surface area contributed by atoms with Gasteiger partial charge in [-0.3, -0.25) is 4.99 Å². The molecule has 3 rings (SSSR count). The van der Waals surface area contributed by atoms with E-state index in [1.165, 1.54) is 0 Å². The predicted octanol–water partition coefficient (Wildman–Crippen LogP) is 0.653. The van der Waals surface area contributed by atoms with Gasteiger partial charge in [0, 0.05) is 45.2 Å². The van der Waals surface area contributed by atoms with E-state index in [0.717, 1.165) is 45.1 Å². The van der Waals surface area contributed by atoms with Crippen LogP contribution in [0.4, 0.5) is 0 Å². The Morgan fingerprint density at radius 1 is 1.28 bits per heavy atom. The number of sulfonamides is 1. The zero-order valence-electron chi connectivity index (χ0n) is 14.6. The molecule has 8 heteroatoms. The number of nitrogens with zero attached hydrogens (tertiary/aromatic N) is 2. The lowest BCUT2D eigenvalue weighted by molar-refractivity contribution is 0.156. The van der Waals surface area contributed by atoms with Gasteiger partial charge < -0.3 is 15.0 Å². The van der Waals surface area contributed by atoms with Crippen LogP contribution in [0.25, 0.3) is 0 Å². The minimum absolute atomic E-state index is 0.270. The molecule has 2 saturated heterocycles. The van der Waals surface area contributed by atoms with Gasteiger partial charge in [0.15, 0.2) is 5.96 Å². The van der Waals surface area contributed by atoms with Crippen LogP contribution in [0.2, 0.25) is 0 Å². The normalized spacial score (nSPS) is 24.2. The van der Waals surface area contributed by atoms with E-state index in [0.29, 0.717) is 13.1 Å². The van der Waals surface area contributed by atoms with Crippen molar-refractivity contribution in [3.63, 3.8) is 0 Å². The first-order chi connectivity index (χ1) is 12.0. The van der Waals surface area contributed by atoms with E-state index in [1.54, 1.807) is 37.4 Å². The fourth-order valence-corrected chi connectivity index (χ4v) is 4.52. The van der Waals surface area contributed by atoms with Crippen LogP contribution in [0, 0.1) is 5.41 Å². The second-order valence-corrected chi connectivity index (χ2v) is 8.43. The summed E-state index contributed by atoms with van der Waals surface area (Å²) in [5.41, 5.74) is 0.270. The molecule has 2 N–H and O–H groups in total. The van der Waals surface area contributed by atoms with Crippen molar-refractivity contribution in [3.05, 3.63) is 30.3 Å². The summed E-state index contributed by atoms with van der Waals surface area (Å²) in [6.45, 7) is 4.37. The van der Waals surface area contributed by atoms with Crippen LogP contribution in [0.5, 0.6) is 0 Å². The third-order valence-corrected chi connectivity index (χ3v) is 6.37. The minimum atomic E-state index is -3.46. The third kappa shape index (κ3) is 4.31. The van der Waals surface area contributed by atoms with Gasteiger partial charge in [-0.2, -0.15) is 0 Å². The number of ether oxygens (including phenoxy) is 1. The smallest absolute Gasteiger partial charge is 0.240 e. The van der Waals surface area contributed by atoms with Crippen molar-refractivity contribution in [1.29, 1.82) is 0 Å². The number of hydrogen-bond donors (Lipinski definition) is 2. The van der Waals surface area contributed by atoms with E-state index in [-0.39, 0.29) is 10.3 Å². The summed E-state index contributed by atoms with van der Waals surface area (Å²) in [6, 6.07) is 8.39. The summed E-state index contributed by atoms with van der Waals surface area (Å²) in [5.74, 6) is 0.822. The molecule has 0 saturated carbocycles. The van der Waals surface area contributed by atoms with Crippen molar-refractivity contribution in [2.24, 2.45) is 10.4 Å². The van der Waals surface area contributed by atoms with Gasteiger partial charge in [0.2, 0.25) is 10.0 Å². The Kier molecular flexibility index (Phi) is 5.61. The Labute approximate surface area is 149 Å². The van der Waals surface area contributed by atoms with Crippen molar-refractivity contribution in [3.8, 4) is 0 Å². The van der Waals surface area contributed by atoms with Gasteiger partial charge in [0.05, 0.1) is 11.5 Å². The summed E-state index contributed by atoms with van der Waals surface area (Å²) in [7, 11) is -1.71. The lowest BCUT2D eigenvalue weighted by atomic mass is 9.87. The first kappa shape index (κ1) is 18.2. The summed E-state index contributed by atoms with van der Waals surface area (Å²) < 4.78 is 32.5. The topological polar surface area (TPSA) is 83.0 Å². The van der Waals surface area contributed by atoms with Crippen molar-refractivity contribution < 1.29 is 13.2 Å². The van der Waals surface area contributed by atoms with Crippen molar-refractivity contribution >= 4 is 16.0 Å². The molecule has 0 aromatic heterocycles. The SMILES string of the molecule is CN=C(NCCNS(=O)(=O)c1ccccc1)N1CCC2(CCOC2)C1. The third-order valence-electron chi connectivity index (χ3n) is 4.89. The zero-order chi connectivity index (χ0) is 17.8. The Morgan fingerprint density at radius 2 is 2.08 bits per heavy atom. The second-order valence-electron chi connectivity index (χ2n) is 6.66. The number of aliphatic imine (C=N–C) groups is 1. The van der Waals surface area contributed by atoms with Crippen LogP contribution >= 0.6 is 0 Å². The maximum atomic E-state index is 12.2. The molecule has 1 unspecified atom stereocenters. The molecule has 0 bridgehead atoms. The van der Waals surface area contributed by atoms with Crippen molar-refractivity contribution in [1.82, 2.24) is 14.9 Å². The van der Waals surface area contributed by atoms with E-state index in [4.69, 9.17) is 4.74 Å². The van der Waals surface area contributed by atoms with E-state index in [1.807, 2.05) is 0 Å². The largest absolute Gasteiger partial charge is 0.381 e. The molecule has 138 valence electrons. The number of guanidine groups is 1. The Bertz CT molecular complexity index is 700. The van der Waals surface area contributed by atoms with Gasteiger partial charge in [-0.25, -0.2) is 13.1 Å². The fourth-order valence-electron chi connectivity index (χ4n) is 3.46. The Balaban J connectivity index is 1.46. The highest BCUT2D eigenvalue weighted by Crippen LogP contribution is 2.38. The Hall–Kier alpha value is -1.64. The average Bonchev–Trinajstić information content (AvgIpc) is 3.26. The summed E-state index contributed by atoms with van der Waals surface area (Å²) >= 11 is 0. The molecule has 2 aliphatic rings. The fraction of sp³-hybridized carbons (Fsp3) is 0.588. The highest BCUT2D eigenvalue weighted by molar-refractivity contribution is 7.89. The van der Waals surface area contributed by atoms with Gasteiger partial charge in [-0.15, -0.1) is 0 Å². The number of likely N-dealkylation sites (tertiary alicyclic amines) is 1. The first-order valence-electron chi connectivity index (χ1n) is 8.63. The van der Waals surface area contributed by atoms with Gasteiger partial charge in [-0.05, 0) is 25.0 Å². The van der Waals surface area contributed by atoms with Crippen LogP contribution in [0.15, 0.2) is 40.2 Å². The predicted molar refractivity (Wildman–Crippen MR) is 97.1 cm³/mol. The van der Waals surface area contributed by atoms with Crippen molar-refractivity contribution in [2.75, 3.05) is 46.4 Å². The molecule has 25 heavy (non-hydrogen) atoms. The van der Waals surface area contributed by atoms with E-state index in [2.05, 4.69) is 19.9 Å². The summed E-state index contributed by atoms with van der Waals surface area (Å²) in [4.78, 5) is 6.85. The molecule has 2 heterocycles. The molecule has 1 atom stereocenters. The second kappa shape index (κ2) is 7.72. The highest BCUT2D eigenvalue weighted by atomic mass is 32.2. The van der Waals surface area contributed by atoms with Crippen LogP contribution in [-0.2, 0) is 14.8 Å². The summed E-state index contributed by atoms with van der Waals surface area (Å²) in [5, 5.41) is 3.25. The molecule has 1 spiro atoms. The zero-order valence-corrected chi connectivity index (χ0v) is 15.4. The van der Waals surface area contributed by atoms with E-state index < -0.39 is 10.0 Å². The van der Waals surface area contributed by atoms with Crippen LogP contribution in [0.3, 0.4) is 0 Å². The molecule has 2 fully saturated rings. The highest BCUT2D eigenvalue weighted by Gasteiger charge is 2.42. The van der Waals surface area contributed by atoms with Crippen LogP contribution < -0.4 is 10.0 Å². The molecule has 0 aliphatic carbocycles. The summed E-state index contributed by atoms with van der Waals surface area (Å²) in [6.07, 6.45) is 2.23. The van der Waals surface area contributed by atoms with E-state index >= 15 is 0 Å². The average molecular weight is 366 g/mol. The van der Waals surface area contributed by atoms with Gasteiger partial charge >= 0.3 is 0 Å².